The molecule has 0 radical (unpaired) electrons. The third-order valence-electron chi connectivity index (χ3n) is 6.21. The first-order valence-electron chi connectivity index (χ1n) is 10.0. The number of carbonyl (C=O) groups excluding carboxylic acids is 1. The first-order chi connectivity index (χ1) is 12.3. The van der Waals surface area contributed by atoms with Crippen LogP contribution in [0.4, 0.5) is 0 Å². The van der Waals surface area contributed by atoms with E-state index in [2.05, 4.69) is 21.9 Å². The highest BCUT2D eigenvalue weighted by Crippen LogP contribution is 2.32. The van der Waals surface area contributed by atoms with Gasteiger partial charge in [0.1, 0.15) is 12.1 Å². The molecule has 1 aromatic rings. The summed E-state index contributed by atoms with van der Waals surface area (Å²) in [6.45, 7) is 5.27. The standard InChI is InChI=1S/C21H30N2O2/c24-21(25-19-16-22-14-10-17(19)11-15-22)20(18-8-4-3-5-9-18)23-12-6-1-2-7-13-23/h3-5,8-9,17,19-20H,1-2,6-7,10-16H2/t19-,20?/m0/s1. The number of esters is 1. The van der Waals surface area contributed by atoms with Gasteiger partial charge in [-0.15, -0.1) is 0 Å². The Kier molecular flexibility index (Phi) is 5.37. The van der Waals surface area contributed by atoms with Crippen LogP contribution < -0.4 is 0 Å². The number of carbonyl (C=O) groups is 1. The quantitative estimate of drug-likeness (QED) is 0.787. The minimum absolute atomic E-state index is 0.0353. The van der Waals surface area contributed by atoms with Crippen molar-refractivity contribution in [1.82, 2.24) is 9.80 Å². The highest BCUT2D eigenvalue weighted by molar-refractivity contribution is 5.78. The number of ether oxygens (including phenoxy) is 1. The summed E-state index contributed by atoms with van der Waals surface area (Å²) in [5.41, 5.74) is 1.08. The van der Waals surface area contributed by atoms with E-state index in [1.54, 1.807) is 0 Å². The van der Waals surface area contributed by atoms with Gasteiger partial charge in [0.2, 0.25) is 0 Å². The van der Waals surface area contributed by atoms with Gasteiger partial charge in [-0.3, -0.25) is 9.80 Å². The molecule has 0 amide bonds. The third kappa shape index (κ3) is 3.90. The minimum atomic E-state index is -0.241. The molecule has 4 nitrogen and oxygen atoms in total. The Morgan fingerprint density at radius 3 is 2.24 bits per heavy atom. The fourth-order valence-corrected chi connectivity index (χ4v) is 4.74. The molecule has 1 aromatic carbocycles. The van der Waals surface area contributed by atoms with E-state index in [1.165, 1.54) is 51.6 Å². The van der Waals surface area contributed by atoms with E-state index in [0.29, 0.717) is 5.92 Å². The lowest BCUT2D eigenvalue weighted by atomic mass is 9.86. The first kappa shape index (κ1) is 17.0. The summed E-state index contributed by atoms with van der Waals surface area (Å²) in [7, 11) is 0. The predicted molar refractivity (Wildman–Crippen MR) is 98.3 cm³/mol. The molecule has 0 aromatic heterocycles. The topological polar surface area (TPSA) is 32.8 Å². The van der Waals surface area contributed by atoms with Crippen molar-refractivity contribution in [3.8, 4) is 0 Å². The van der Waals surface area contributed by atoms with Crippen LogP contribution in [-0.4, -0.2) is 54.6 Å². The molecule has 4 fully saturated rings. The van der Waals surface area contributed by atoms with Crippen LogP contribution in [0.3, 0.4) is 0 Å². The van der Waals surface area contributed by atoms with E-state index in [1.807, 2.05) is 18.2 Å². The molecule has 1 unspecified atom stereocenters. The Hall–Kier alpha value is -1.39. The number of likely N-dealkylation sites (tertiary alicyclic amines) is 1. The average molecular weight is 342 g/mol. The zero-order valence-corrected chi connectivity index (χ0v) is 15.1. The normalized spacial score (nSPS) is 31.3. The van der Waals surface area contributed by atoms with Gasteiger partial charge in [-0.2, -0.15) is 0 Å². The smallest absolute Gasteiger partial charge is 0.328 e. The number of fused-ring (bicyclic) bond motifs is 3. The van der Waals surface area contributed by atoms with E-state index >= 15 is 0 Å². The van der Waals surface area contributed by atoms with Crippen LogP contribution in [0.5, 0.6) is 0 Å². The summed E-state index contributed by atoms with van der Waals surface area (Å²) in [6, 6.07) is 9.99. The zero-order valence-electron chi connectivity index (χ0n) is 15.1. The Balaban J connectivity index is 1.51. The lowest BCUT2D eigenvalue weighted by Crippen LogP contribution is -2.52. The van der Waals surface area contributed by atoms with Crippen LogP contribution in [0.1, 0.15) is 50.1 Å². The third-order valence-corrected chi connectivity index (χ3v) is 6.21. The van der Waals surface area contributed by atoms with Gasteiger partial charge in [0.25, 0.3) is 0 Å². The van der Waals surface area contributed by atoms with Crippen molar-refractivity contribution in [2.24, 2.45) is 5.92 Å². The predicted octanol–water partition coefficient (Wildman–Crippen LogP) is 3.24. The van der Waals surface area contributed by atoms with Crippen LogP contribution in [0.2, 0.25) is 0 Å². The van der Waals surface area contributed by atoms with Crippen LogP contribution in [0, 0.1) is 5.92 Å². The van der Waals surface area contributed by atoms with E-state index in [4.69, 9.17) is 4.74 Å². The van der Waals surface area contributed by atoms with Crippen molar-refractivity contribution in [2.45, 2.75) is 50.7 Å². The van der Waals surface area contributed by atoms with Crippen molar-refractivity contribution < 1.29 is 9.53 Å². The van der Waals surface area contributed by atoms with E-state index in [9.17, 15) is 4.79 Å². The van der Waals surface area contributed by atoms with E-state index in [-0.39, 0.29) is 18.1 Å². The lowest BCUT2D eigenvalue weighted by Gasteiger charge is -2.44. The second-order valence-corrected chi connectivity index (χ2v) is 7.88. The summed E-state index contributed by atoms with van der Waals surface area (Å²) < 4.78 is 6.11. The molecule has 4 heterocycles. The van der Waals surface area contributed by atoms with Gasteiger partial charge in [0.05, 0.1) is 0 Å². The van der Waals surface area contributed by atoms with Gasteiger partial charge in [0, 0.05) is 6.54 Å². The van der Waals surface area contributed by atoms with Crippen molar-refractivity contribution >= 4 is 5.97 Å². The van der Waals surface area contributed by atoms with Gasteiger partial charge in [-0.1, -0.05) is 43.2 Å². The molecule has 2 bridgehead atoms. The largest absolute Gasteiger partial charge is 0.459 e. The Morgan fingerprint density at radius 2 is 1.64 bits per heavy atom. The van der Waals surface area contributed by atoms with Gasteiger partial charge >= 0.3 is 5.97 Å². The number of nitrogens with zero attached hydrogens (tertiary/aromatic N) is 2. The Bertz CT molecular complexity index is 561. The molecule has 0 spiro atoms. The SMILES string of the molecule is O=C(O[C@H]1CN2CCC1CC2)C(c1ccccc1)N1CCCCCC1. The number of hydrogen-bond acceptors (Lipinski definition) is 4. The molecule has 5 rings (SSSR count). The number of hydrogen-bond donors (Lipinski definition) is 0. The molecule has 4 saturated heterocycles. The first-order valence-corrected chi connectivity index (χ1v) is 10.0. The summed E-state index contributed by atoms with van der Waals surface area (Å²) in [5.74, 6) is 0.529. The number of piperidine rings is 3. The Labute approximate surface area is 151 Å². The van der Waals surface area contributed by atoms with E-state index < -0.39 is 0 Å². The van der Waals surface area contributed by atoms with Crippen LogP contribution in [0.15, 0.2) is 30.3 Å². The monoisotopic (exact) mass is 342 g/mol. The molecular weight excluding hydrogens is 312 g/mol. The molecule has 136 valence electrons. The molecule has 0 aliphatic carbocycles. The maximum absolute atomic E-state index is 13.2. The summed E-state index contributed by atoms with van der Waals surface area (Å²) >= 11 is 0. The molecule has 0 saturated carbocycles. The fraction of sp³-hybridized carbons (Fsp3) is 0.667. The second kappa shape index (κ2) is 7.88. The van der Waals surface area contributed by atoms with E-state index in [0.717, 1.165) is 25.2 Å². The highest BCUT2D eigenvalue weighted by Gasteiger charge is 2.39. The summed E-state index contributed by atoms with van der Waals surface area (Å²) in [5, 5.41) is 0. The molecule has 25 heavy (non-hydrogen) atoms. The van der Waals surface area contributed by atoms with Gasteiger partial charge in [-0.25, -0.2) is 4.79 Å². The zero-order chi connectivity index (χ0) is 17.1. The second-order valence-electron chi connectivity index (χ2n) is 7.88. The lowest BCUT2D eigenvalue weighted by molar-refractivity contribution is -0.165. The maximum atomic E-state index is 13.2. The van der Waals surface area contributed by atoms with Gasteiger partial charge in [-0.05, 0) is 63.3 Å². The molecule has 4 aliphatic heterocycles. The fourth-order valence-electron chi connectivity index (χ4n) is 4.74. The van der Waals surface area contributed by atoms with Gasteiger partial charge in [0.15, 0.2) is 0 Å². The average Bonchev–Trinajstić information content (AvgIpc) is 2.93. The highest BCUT2D eigenvalue weighted by atomic mass is 16.5. The minimum Gasteiger partial charge on any atom is -0.459 e. The number of rotatable bonds is 4. The summed E-state index contributed by atoms with van der Waals surface area (Å²) in [4.78, 5) is 18.0. The number of benzene rings is 1. The molecular formula is C21H30N2O2. The molecule has 0 N–H and O–H groups in total. The molecule has 2 atom stereocenters. The Morgan fingerprint density at radius 1 is 0.960 bits per heavy atom. The summed E-state index contributed by atoms with van der Waals surface area (Å²) in [6.07, 6.45) is 7.34. The van der Waals surface area contributed by atoms with Crippen molar-refractivity contribution in [1.29, 1.82) is 0 Å². The molecule has 4 heteroatoms. The van der Waals surface area contributed by atoms with Crippen LogP contribution in [-0.2, 0) is 9.53 Å². The van der Waals surface area contributed by atoms with Crippen LogP contribution >= 0.6 is 0 Å². The maximum Gasteiger partial charge on any atom is 0.328 e. The molecule has 4 aliphatic rings. The van der Waals surface area contributed by atoms with Crippen LogP contribution in [0.25, 0.3) is 0 Å². The van der Waals surface area contributed by atoms with Crippen molar-refractivity contribution in [3.63, 3.8) is 0 Å². The van der Waals surface area contributed by atoms with Crippen molar-refractivity contribution in [2.75, 3.05) is 32.7 Å². The van der Waals surface area contributed by atoms with Gasteiger partial charge < -0.3 is 4.74 Å². The van der Waals surface area contributed by atoms with Crippen molar-refractivity contribution in [3.05, 3.63) is 35.9 Å².